The van der Waals surface area contributed by atoms with Crippen LogP contribution in [0.1, 0.15) is 18.9 Å². The summed E-state index contributed by atoms with van der Waals surface area (Å²) in [6, 6.07) is 19.0. The van der Waals surface area contributed by atoms with E-state index in [0.29, 0.717) is 33.5 Å². The minimum absolute atomic E-state index is 0.0193. The monoisotopic (exact) mass is 473 g/mol. The Balaban J connectivity index is 1.56. The summed E-state index contributed by atoms with van der Waals surface area (Å²) >= 11 is 1.10. The molecule has 0 aliphatic carbocycles. The molecule has 2 heterocycles. The van der Waals surface area contributed by atoms with Crippen LogP contribution < -0.4 is 14.4 Å². The summed E-state index contributed by atoms with van der Waals surface area (Å²) in [6.07, 6.45) is -0.0193. The Morgan fingerprint density at radius 3 is 2.35 bits per heavy atom. The highest BCUT2D eigenvalue weighted by atomic mass is 32.2. The Hall–Kier alpha value is -4.16. The van der Waals surface area contributed by atoms with Crippen LogP contribution in [0.2, 0.25) is 0 Å². The Morgan fingerprint density at radius 2 is 1.74 bits per heavy atom. The first-order valence-corrected chi connectivity index (χ1v) is 11.1. The molecule has 0 saturated carbocycles. The lowest BCUT2D eigenvalue weighted by molar-refractivity contribution is -0.132. The average Bonchev–Trinajstić information content (AvgIpc) is 3.12. The van der Waals surface area contributed by atoms with Gasteiger partial charge in [-0.2, -0.15) is 5.26 Å². The number of ether oxygens (including phenoxy) is 2. The maximum Gasteiger partial charge on any atom is 0.308 e. The van der Waals surface area contributed by atoms with Crippen LogP contribution in [0.3, 0.4) is 0 Å². The van der Waals surface area contributed by atoms with Gasteiger partial charge in [0.25, 0.3) is 0 Å². The molecule has 170 valence electrons. The molecule has 34 heavy (non-hydrogen) atoms. The van der Waals surface area contributed by atoms with Crippen molar-refractivity contribution < 1.29 is 23.9 Å². The minimum atomic E-state index is -0.716. The van der Waals surface area contributed by atoms with Crippen LogP contribution in [0.25, 0.3) is 11.3 Å². The number of nitrogens with zero attached hydrogens (tertiary/aromatic N) is 3. The van der Waals surface area contributed by atoms with E-state index in [1.807, 2.05) is 24.3 Å². The zero-order valence-corrected chi connectivity index (χ0v) is 19.2. The Labute approximate surface area is 200 Å². The van der Waals surface area contributed by atoms with Gasteiger partial charge in [0.1, 0.15) is 22.6 Å². The normalized spacial score (nSPS) is 15.2. The second-order valence-corrected chi connectivity index (χ2v) is 8.55. The van der Waals surface area contributed by atoms with E-state index in [4.69, 9.17) is 9.47 Å². The number of carbonyl (C=O) groups is 3. The molecule has 1 saturated heterocycles. The number of methoxy groups -OCH3 is 1. The number of nitriles is 1. The minimum Gasteiger partial charge on any atom is -0.497 e. The number of rotatable bonds is 6. The first-order valence-electron chi connectivity index (χ1n) is 10.3. The van der Waals surface area contributed by atoms with Gasteiger partial charge in [0, 0.05) is 18.9 Å². The first-order chi connectivity index (χ1) is 16.4. The molecule has 1 atom stereocenters. The largest absolute Gasteiger partial charge is 0.497 e. The predicted octanol–water partition coefficient (Wildman–Crippen LogP) is 3.98. The quantitative estimate of drug-likeness (QED) is 0.300. The van der Waals surface area contributed by atoms with E-state index in [2.05, 4.69) is 11.1 Å². The van der Waals surface area contributed by atoms with Gasteiger partial charge in [-0.1, -0.05) is 11.8 Å². The standard InChI is InChI=1S/C25H19N3O5S/c1-15(29)33-20-10-6-18(7-11-20)28-23(30)13-22(25(28)31)34-24-17(14-26)5-12-21(27-24)16-3-8-19(32-2)9-4-16/h3-12,22H,13H2,1-2H3. The Morgan fingerprint density at radius 1 is 1.06 bits per heavy atom. The van der Waals surface area contributed by atoms with E-state index in [1.165, 1.54) is 19.1 Å². The van der Waals surface area contributed by atoms with E-state index in [9.17, 15) is 19.6 Å². The van der Waals surface area contributed by atoms with Gasteiger partial charge in [0.05, 0.1) is 29.3 Å². The number of anilines is 1. The third kappa shape index (κ3) is 4.77. The molecule has 1 aromatic heterocycles. The van der Waals surface area contributed by atoms with Gasteiger partial charge >= 0.3 is 5.97 Å². The molecule has 0 radical (unpaired) electrons. The molecule has 8 nitrogen and oxygen atoms in total. The number of esters is 1. The van der Waals surface area contributed by atoms with Gasteiger partial charge in [-0.25, -0.2) is 9.88 Å². The molecule has 4 rings (SSSR count). The second-order valence-electron chi connectivity index (χ2n) is 7.36. The van der Waals surface area contributed by atoms with Crippen molar-refractivity contribution in [2.45, 2.75) is 23.6 Å². The zero-order valence-electron chi connectivity index (χ0n) is 18.3. The maximum atomic E-state index is 13.1. The summed E-state index contributed by atoms with van der Waals surface area (Å²) in [6.45, 7) is 1.29. The highest BCUT2D eigenvalue weighted by Crippen LogP contribution is 2.36. The van der Waals surface area contributed by atoms with Crippen LogP contribution in [0.5, 0.6) is 11.5 Å². The van der Waals surface area contributed by atoms with Gasteiger partial charge in [0.2, 0.25) is 11.8 Å². The SMILES string of the molecule is COc1ccc(-c2ccc(C#N)c(SC3CC(=O)N(c4ccc(OC(C)=O)cc4)C3=O)n2)cc1. The Bertz CT molecular complexity index is 1300. The summed E-state index contributed by atoms with van der Waals surface area (Å²) in [4.78, 5) is 42.5. The number of aromatic nitrogens is 1. The van der Waals surface area contributed by atoms with Crippen molar-refractivity contribution in [1.82, 2.24) is 4.98 Å². The molecule has 1 aliphatic rings. The number of thioether (sulfide) groups is 1. The molecule has 1 unspecified atom stereocenters. The lowest BCUT2D eigenvalue weighted by Crippen LogP contribution is -2.31. The van der Waals surface area contributed by atoms with E-state index in [0.717, 1.165) is 22.2 Å². The summed E-state index contributed by atoms with van der Waals surface area (Å²) in [5, 5.41) is 9.21. The average molecular weight is 474 g/mol. The number of carbonyl (C=O) groups excluding carboxylic acids is 3. The lowest BCUT2D eigenvalue weighted by Gasteiger charge is -2.15. The van der Waals surface area contributed by atoms with Crippen molar-refractivity contribution in [3.8, 4) is 28.8 Å². The van der Waals surface area contributed by atoms with E-state index >= 15 is 0 Å². The molecule has 0 spiro atoms. The lowest BCUT2D eigenvalue weighted by atomic mass is 10.1. The summed E-state index contributed by atoms with van der Waals surface area (Å²) < 4.78 is 10.2. The van der Waals surface area contributed by atoms with Crippen molar-refractivity contribution in [2.24, 2.45) is 0 Å². The van der Waals surface area contributed by atoms with Gasteiger partial charge < -0.3 is 9.47 Å². The summed E-state index contributed by atoms with van der Waals surface area (Å²) in [5.41, 5.74) is 2.18. The van der Waals surface area contributed by atoms with Crippen molar-refractivity contribution in [3.05, 3.63) is 66.2 Å². The summed E-state index contributed by atoms with van der Waals surface area (Å²) in [5.74, 6) is -0.180. The third-order valence-electron chi connectivity index (χ3n) is 5.08. The van der Waals surface area contributed by atoms with Crippen molar-refractivity contribution in [3.63, 3.8) is 0 Å². The second kappa shape index (κ2) is 9.77. The molecule has 1 fully saturated rings. The van der Waals surface area contributed by atoms with Crippen LogP contribution in [-0.4, -0.2) is 35.1 Å². The molecule has 2 aromatic carbocycles. The van der Waals surface area contributed by atoms with E-state index < -0.39 is 17.1 Å². The number of benzene rings is 2. The van der Waals surface area contributed by atoms with Crippen molar-refractivity contribution >= 4 is 35.2 Å². The molecule has 0 N–H and O–H groups in total. The maximum absolute atomic E-state index is 13.1. The van der Waals surface area contributed by atoms with Gasteiger partial charge in [0.15, 0.2) is 0 Å². The van der Waals surface area contributed by atoms with Crippen LogP contribution in [0.15, 0.2) is 65.7 Å². The predicted molar refractivity (Wildman–Crippen MR) is 125 cm³/mol. The number of hydrogen-bond acceptors (Lipinski definition) is 8. The van der Waals surface area contributed by atoms with Crippen LogP contribution in [-0.2, 0) is 14.4 Å². The molecule has 0 bridgehead atoms. The number of imide groups is 1. The fourth-order valence-electron chi connectivity index (χ4n) is 3.47. The fraction of sp³-hybridized carbons (Fsp3) is 0.160. The highest BCUT2D eigenvalue weighted by molar-refractivity contribution is 8.00. The number of amides is 2. The van der Waals surface area contributed by atoms with Gasteiger partial charge in [-0.15, -0.1) is 0 Å². The smallest absolute Gasteiger partial charge is 0.308 e. The number of hydrogen-bond donors (Lipinski definition) is 0. The van der Waals surface area contributed by atoms with Crippen molar-refractivity contribution in [1.29, 1.82) is 5.26 Å². The third-order valence-corrected chi connectivity index (χ3v) is 6.27. The van der Waals surface area contributed by atoms with E-state index in [1.54, 1.807) is 31.4 Å². The summed E-state index contributed by atoms with van der Waals surface area (Å²) in [7, 11) is 1.58. The molecule has 3 aromatic rings. The van der Waals surface area contributed by atoms with Crippen molar-refractivity contribution in [2.75, 3.05) is 12.0 Å². The van der Waals surface area contributed by atoms with E-state index in [-0.39, 0.29) is 12.3 Å². The fourth-order valence-corrected chi connectivity index (χ4v) is 4.56. The Kier molecular flexibility index (Phi) is 6.61. The van der Waals surface area contributed by atoms with Gasteiger partial charge in [-0.3, -0.25) is 14.4 Å². The molecule has 9 heteroatoms. The van der Waals surface area contributed by atoms with Gasteiger partial charge in [-0.05, 0) is 60.7 Å². The highest BCUT2D eigenvalue weighted by Gasteiger charge is 2.40. The first kappa shape index (κ1) is 23.0. The van der Waals surface area contributed by atoms with Crippen LogP contribution in [0.4, 0.5) is 5.69 Å². The van der Waals surface area contributed by atoms with Crippen LogP contribution >= 0.6 is 11.8 Å². The molecule has 2 amide bonds. The van der Waals surface area contributed by atoms with Crippen LogP contribution in [0, 0.1) is 11.3 Å². The zero-order chi connectivity index (χ0) is 24.2. The topological polar surface area (TPSA) is 110 Å². The molecular formula is C25H19N3O5S. The molecular weight excluding hydrogens is 454 g/mol. The number of pyridine rings is 1. The molecule has 1 aliphatic heterocycles.